The maximum absolute atomic E-state index is 12.9. The molecule has 0 spiro atoms. The second-order valence-electron chi connectivity index (χ2n) is 5.02. The second-order valence-corrected chi connectivity index (χ2v) is 5.02. The summed E-state index contributed by atoms with van der Waals surface area (Å²) in [7, 11) is 0. The van der Waals surface area contributed by atoms with Crippen molar-refractivity contribution < 1.29 is 17.9 Å². The van der Waals surface area contributed by atoms with E-state index in [1.165, 1.54) is 13.0 Å². The normalized spacial score (nSPS) is 16.3. The number of alkyl halides is 3. The molecule has 6 heteroatoms. The van der Waals surface area contributed by atoms with E-state index in [-0.39, 0.29) is 17.4 Å². The molecule has 116 valence electrons. The Bertz CT molecular complexity index is 526. The highest BCUT2D eigenvalue weighted by atomic mass is 19.4. The predicted octanol–water partition coefficient (Wildman–Crippen LogP) is 3.56. The molecule has 0 amide bonds. The van der Waals surface area contributed by atoms with Crippen LogP contribution in [0.5, 0.6) is 5.75 Å². The van der Waals surface area contributed by atoms with Crippen LogP contribution in [0.25, 0.3) is 0 Å². The molecule has 21 heavy (non-hydrogen) atoms. The number of ether oxygens (including phenoxy) is 1. The van der Waals surface area contributed by atoms with Crippen LogP contribution in [0.15, 0.2) is 23.2 Å². The molecule has 1 atom stereocenters. The fourth-order valence-electron chi connectivity index (χ4n) is 2.35. The number of nitrogens with one attached hydrogen (secondary N) is 1. The van der Waals surface area contributed by atoms with E-state index in [1.54, 1.807) is 6.07 Å². The Balaban J connectivity index is 2.25. The summed E-state index contributed by atoms with van der Waals surface area (Å²) in [5.74, 6) is 0.994. The lowest BCUT2D eigenvalue weighted by Gasteiger charge is -2.21. The molecule has 1 heterocycles. The first-order valence-electron chi connectivity index (χ1n) is 7.05. The lowest BCUT2D eigenvalue weighted by molar-refractivity contribution is -0.138. The second kappa shape index (κ2) is 6.37. The van der Waals surface area contributed by atoms with E-state index < -0.39 is 11.7 Å². The van der Waals surface area contributed by atoms with Crippen molar-refractivity contribution in [3.05, 3.63) is 29.3 Å². The number of benzene rings is 1. The number of hydrogen-bond acceptors (Lipinski definition) is 3. The molecule has 1 N–H and O–H groups in total. The minimum absolute atomic E-state index is 0.115. The van der Waals surface area contributed by atoms with Gasteiger partial charge in [-0.3, -0.25) is 4.99 Å². The Hall–Kier alpha value is -1.72. The van der Waals surface area contributed by atoms with Gasteiger partial charge in [0.15, 0.2) is 6.10 Å². The maximum atomic E-state index is 12.9. The highest BCUT2D eigenvalue weighted by molar-refractivity contribution is 5.88. The Kier molecular flexibility index (Phi) is 4.75. The van der Waals surface area contributed by atoms with Gasteiger partial charge < -0.3 is 10.1 Å². The molecule has 1 aromatic carbocycles. The van der Waals surface area contributed by atoms with Crippen LogP contribution in [-0.2, 0) is 6.18 Å². The van der Waals surface area contributed by atoms with Crippen LogP contribution in [0.4, 0.5) is 13.2 Å². The lowest BCUT2D eigenvalue weighted by Crippen LogP contribution is -2.35. The molecule has 1 aliphatic heterocycles. The molecule has 2 rings (SSSR count). The number of hydrogen-bond donors (Lipinski definition) is 1. The van der Waals surface area contributed by atoms with Gasteiger partial charge in [-0.15, -0.1) is 0 Å². The van der Waals surface area contributed by atoms with E-state index in [4.69, 9.17) is 4.74 Å². The molecule has 0 saturated carbocycles. The third-order valence-electron chi connectivity index (χ3n) is 3.41. The first-order valence-corrected chi connectivity index (χ1v) is 7.05. The smallest absolute Gasteiger partial charge is 0.416 e. The van der Waals surface area contributed by atoms with Crippen molar-refractivity contribution >= 4 is 5.84 Å². The van der Waals surface area contributed by atoms with Crippen LogP contribution < -0.4 is 10.1 Å². The molecule has 1 aliphatic rings. The minimum atomic E-state index is -4.37. The summed E-state index contributed by atoms with van der Waals surface area (Å²) in [6.07, 6.45) is -3.11. The van der Waals surface area contributed by atoms with Gasteiger partial charge in [-0.25, -0.2) is 0 Å². The summed E-state index contributed by atoms with van der Waals surface area (Å²) in [5, 5.41) is 3.13. The van der Waals surface area contributed by atoms with Crippen LogP contribution in [-0.4, -0.2) is 25.0 Å². The van der Waals surface area contributed by atoms with Crippen LogP contribution >= 0.6 is 0 Å². The van der Waals surface area contributed by atoms with Crippen molar-refractivity contribution in [3.8, 4) is 5.75 Å². The van der Waals surface area contributed by atoms with E-state index in [2.05, 4.69) is 10.3 Å². The maximum Gasteiger partial charge on any atom is 0.416 e. The monoisotopic (exact) mass is 300 g/mol. The Morgan fingerprint density at radius 3 is 2.71 bits per heavy atom. The standard InChI is InChI=1S/C15H19F3N2O/c1-3-5-13(14-19-8-9-20-14)21-12-7-4-6-11(10(12)2)15(16,17)18/h4,6-7,13H,3,5,8-9H2,1-2H3,(H,19,20). The molecule has 0 aliphatic carbocycles. The fraction of sp³-hybridized carbons (Fsp3) is 0.533. The van der Waals surface area contributed by atoms with Crippen LogP contribution in [0.3, 0.4) is 0 Å². The van der Waals surface area contributed by atoms with Crippen molar-refractivity contribution in [1.82, 2.24) is 5.32 Å². The molecule has 1 aromatic rings. The predicted molar refractivity (Wildman–Crippen MR) is 75.8 cm³/mol. The van der Waals surface area contributed by atoms with Crippen molar-refractivity contribution in [2.24, 2.45) is 4.99 Å². The van der Waals surface area contributed by atoms with Gasteiger partial charge in [-0.05, 0) is 25.5 Å². The minimum Gasteiger partial charge on any atom is -0.482 e. The summed E-state index contributed by atoms with van der Waals surface area (Å²) in [4.78, 5) is 4.31. The summed E-state index contributed by atoms with van der Waals surface area (Å²) < 4.78 is 44.6. The van der Waals surface area contributed by atoms with E-state index in [1.807, 2.05) is 6.92 Å². The molecule has 0 bridgehead atoms. The zero-order valence-corrected chi connectivity index (χ0v) is 12.1. The van der Waals surface area contributed by atoms with Crippen molar-refractivity contribution in [2.75, 3.05) is 13.1 Å². The molecular weight excluding hydrogens is 281 g/mol. The van der Waals surface area contributed by atoms with Gasteiger partial charge in [0.2, 0.25) is 0 Å². The lowest BCUT2D eigenvalue weighted by atomic mass is 10.1. The Morgan fingerprint density at radius 2 is 2.14 bits per heavy atom. The summed E-state index contributed by atoms with van der Waals surface area (Å²) in [6, 6.07) is 4.02. The van der Waals surface area contributed by atoms with Gasteiger partial charge in [0.1, 0.15) is 11.6 Å². The Labute approximate surface area is 122 Å². The molecule has 1 unspecified atom stereocenters. The van der Waals surface area contributed by atoms with Crippen LogP contribution in [0.2, 0.25) is 0 Å². The van der Waals surface area contributed by atoms with E-state index in [0.717, 1.165) is 24.9 Å². The van der Waals surface area contributed by atoms with Gasteiger partial charge in [0, 0.05) is 12.1 Å². The van der Waals surface area contributed by atoms with E-state index in [0.29, 0.717) is 13.0 Å². The van der Waals surface area contributed by atoms with E-state index in [9.17, 15) is 13.2 Å². The molecule has 0 radical (unpaired) electrons. The van der Waals surface area contributed by atoms with Gasteiger partial charge >= 0.3 is 6.18 Å². The zero-order valence-electron chi connectivity index (χ0n) is 12.1. The number of rotatable bonds is 5. The summed E-state index contributed by atoms with van der Waals surface area (Å²) >= 11 is 0. The largest absolute Gasteiger partial charge is 0.482 e. The SMILES string of the molecule is CCCC(Oc1cccc(C(F)(F)F)c1C)C1=NCCN1. The van der Waals surface area contributed by atoms with Gasteiger partial charge in [-0.2, -0.15) is 13.2 Å². The van der Waals surface area contributed by atoms with Crippen LogP contribution in [0.1, 0.15) is 30.9 Å². The highest BCUT2D eigenvalue weighted by Gasteiger charge is 2.33. The summed E-state index contributed by atoms with van der Waals surface area (Å²) in [6.45, 7) is 4.87. The van der Waals surface area contributed by atoms with E-state index >= 15 is 0 Å². The molecular formula is C15H19F3N2O. The van der Waals surface area contributed by atoms with Crippen LogP contribution in [0, 0.1) is 6.92 Å². The molecule has 0 fully saturated rings. The fourth-order valence-corrected chi connectivity index (χ4v) is 2.35. The summed E-state index contributed by atoms with van der Waals surface area (Å²) in [5.41, 5.74) is -0.540. The molecule has 0 saturated heterocycles. The van der Waals surface area contributed by atoms with Crippen molar-refractivity contribution in [3.63, 3.8) is 0 Å². The van der Waals surface area contributed by atoms with Crippen molar-refractivity contribution in [1.29, 1.82) is 0 Å². The third-order valence-corrected chi connectivity index (χ3v) is 3.41. The number of halogens is 3. The highest BCUT2D eigenvalue weighted by Crippen LogP contribution is 2.35. The quantitative estimate of drug-likeness (QED) is 0.902. The van der Waals surface area contributed by atoms with Gasteiger partial charge in [0.25, 0.3) is 0 Å². The van der Waals surface area contributed by atoms with Gasteiger partial charge in [-0.1, -0.05) is 19.4 Å². The van der Waals surface area contributed by atoms with Crippen molar-refractivity contribution in [2.45, 2.75) is 39.0 Å². The zero-order chi connectivity index (χ0) is 15.5. The van der Waals surface area contributed by atoms with Gasteiger partial charge in [0.05, 0.1) is 12.1 Å². The number of amidine groups is 1. The first kappa shape index (κ1) is 15.7. The average Bonchev–Trinajstić information content (AvgIpc) is 2.93. The Morgan fingerprint density at radius 1 is 1.38 bits per heavy atom. The number of nitrogens with zero attached hydrogens (tertiary/aromatic N) is 1. The molecule has 3 nitrogen and oxygen atoms in total. The topological polar surface area (TPSA) is 33.6 Å². The first-order chi connectivity index (χ1) is 9.93. The number of aliphatic imine (C=N–C) groups is 1. The molecule has 0 aromatic heterocycles. The third kappa shape index (κ3) is 3.68. The average molecular weight is 300 g/mol.